The Bertz CT molecular complexity index is 345. The molecule has 0 heterocycles. The zero-order valence-electron chi connectivity index (χ0n) is 10.7. The van der Waals surface area contributed by atoms with Crippen LogP contribution < -0.4 is 0 Å². The fourth-order valence-corrected chi connectivity index (χ4v) is 2.34. The van der Waals surface area contributed by atoms with Gasteiger partial charge >= 0.3 is 7.60 Å². The van der Waals surface area contributed by atoms with Gasteiger partial charge in [0.1, 0.15) is 0 Å². The Morgan fingerprint density at radius 2 is 1.75 bits per heavy atom. The van der Waals surface area contributed by atoms with Crippen LogP contribution in [0.2, 0.25) is 0 Å². The maximum Gasteiger partial charge on any atom is 0.356 e. The third-order valence-corrected chi connectivity index (χ3v) is 4.52. The highest BCUT2D eigenvalue weighted by Crippen LogP contribution is 2.55. The summed E-state index contributed by atoms with van der Waals surface area (Å²) in [5, 5.41) is 0.665. The molecular weight excluding hydrogens is 223 g/mol. The molecule has 0 atom stereocenters. The smallest absolute Gasteiger partial charge is 0.309 e. The Balaban J connectivity index is 5.15. The highest BCUT2D eigenvalue weighted by molar-refractivity contribution is 7.58. The van der Waals surface area contributed by atoms with E-state index >= 15 is 0 Å². The van der Waals surface area contributed by atoms with Crippen molar-refractivity contribution < 1.29 is 13.6 Å². The van der Waals surface area contributed by atoms with Crippen molar-refractivity contribution in [3.8, 4) is 0 Å². The van der Waals surface area contributed by atoms with Crippen molar-refractivity contribution >= 4 is 7.60 Å². The van der Waals surface area contributed by atoms with Crippen molar-refractivity contribution in [2.45, 2.75) is 27.2 Å². The van der Waals surface area contributed by atoms with E-state index in [1.165, 1.54) is 14.2 Å². The SMILES string of the molecule is C=C(C)/C(C)=C/C=C(\CC)P(=O)(OC)OC. The molecule has 0 saturated carbocycles. The standard InChI is InChI=1S/C12H21O3P/c1-7-12(16(13,14-5)15-6)9-8-11(4)10(2)3/h8-9H,2,7H2,1,3-6H3/b11-8+,12-9+. The maximum absolute atomic E-state index is 12.1. The highest BCUT2D eigenvalue weighted by Gasteiger charge is 2.25. The molecule has 0 unspecified atom stereocenters. The Kier molecular flexibility index (Phi) is 6.58. The minimum absolute atomic E-state index is 0.624. The fourth-order valence-electron chi connectivity index (χ4n) is 1.08. The van der Waals surface area contributed by atoms with Crippen molar-refractivity contribution in [2.75, 3.05) is 14.2 Å². The lowest BCUT2D eigenvalue weighted by atomic mass is 10.1. The molecule has 4 heteroatoms. The van der Waals surface area contributed by atoms with Crippen LogP contribution in [0.15, 0.2) is 35.2 Å². The van der Waals surface area contributed by atoms with Crippen LogP contribution in [0.25, 0.3) is 0 Å². The van der Waals surface area contributed by atoms with E-state index in [4.69, 9.17) is 9.05 Å². The van der Waals surface area contributed by atoms with Gasteiger partial charge in [-0.3, -0.25) is 4.57 Å². The quantitative estimate of drug-likeness (QED) is 0.516. The summed E-state index contributed by atoms with van der Waals surface area (Å²) in [5.74, 6) is 0. The molecule has 0 rings (SSSR count). The topological polar surface area (TPSA) is 35.5 Å². The maximum atomic E-state index is 12.1. The molecule has 92 valence electrons. The van der Waals surface area contributed by atoms with E-state index in [1.807, 2.05) is 26.8 Å². The van der Waals surface area contributed by atoms with Crippen LogP contribution >= 0.6 is 7.60 Å². The molecule has 0 aromatic carbocycles. The van der Waals surface area contributed by atoms with Crippen molar-refractivity contribution in [3.05, 3.63) is 35.2 Å². The van der Waals surface area contributed by atoms with E-state index in [2.05, 4.69) is 6.58 Å². The van der Waals surface area contributed by atoms with Crippen LogP contribution in [-0.4, -0.2) is 14.2 Å². The van der Waals surface area contributed by atoms with Gasteiger partial charge in [0.05, 0.1) is 0 Å². The molecule has 0 fully saturated rings. The molecule has 0 bridgehead atoms. The van der Waals surface area contributed by atoms with Gasteiger partial charge in [-0.2, -0.15) is 0 Å². The Morgan fingerprint density at radius 3 is 2.06 bits per heavy atom. The van der Waals surface area contributed by atoms with Crippen LogP contribution in [-0.2, 0) is 13.6 Å². The second kappa shape index (κ2) is 6.85. The van der Waals surface area contributed by atoms with Gasteiger partial charge in [-0.25, -0.2) is 0 Å². The summed E-state index contributed by atoms with van der Waals surface area (Å²) >= 11 is 0. The Hall–Kier alpha value is -0.630. The number of rotatable bonds is 6. The second-order valence-electron chi connectivity index (χ2n) is 3.50. The summed E-state index contributed by atoms with van der Waals surface area (Å²) in [4.78, 5) is 0. The average molecular weight is 244 g/mol. The fraction of sp³-hybridized carbons (Fsp3) is 0.500. The first-order valence-corrected chi connectivity index (χ1v) is 6.71. The van der Waals surface area contributed by atoms with Crippen LogP contribution in [0.3, 0.4) is 0 Å². The van der Waals surface area contributed by atoms with Gasteiger partial charge in [0.25, 0.3) is 0 Å². The minimum Gasteiger partial charge on any atom is -0.309 e. The normalized spacial score (nSPS) is 14.1. The Morgan fingerprint density at radius 1 is 1.25 bits per heavy atom. The van der Waals surface area contributed by atoms with Gasteiger partial charge in [-0.15, -0.1) is 0 Å². The third kappa shape index (κ3) is 4.09. The van der Waals surface area contributed by atoms with Crippen LogP contribution in [0.5, 0.6) is 0 Å². The molecular formula is C12H21O3P. The first-order chi connectivity index (χ1) is 7.41. The monoisotopic (exact) mass is 244 g/mol. The van der Waals surface area contributed by atoms with Crippen molar-refractivity contribution in [1.29, 1.82) is 0 Å². The predicted molar refractivity (Wildman–Crippen MR) is 68.6 cm³/mol. The lowest BCUT2D eigenvalue weighted by molar-refractivity contribution is 0.282. The number of allylic oxidation sites excluding steroid dienone is 5. The molecule has 0 aliphatic rings. The Labute approximate surface area is 98.4 Å². The molecule has 0 saturated heterocycles. The molecule has 0 aliphatic carbocycles. The predicted octanol–water partition coefficient (Wildman–Crippen LogP) is 4.29. The summed E-state index contributed by atoms with van der Waals surface area (Å²) < 4.78 is 22.0. The number of hydrogen-bond donors (Lipinski definition) is 0. The third-order valence-electron chi connectivity index (χ3n) is 2.39. The zero-order valence-corrected chi connectivity index (χ0v) is 11.6. The minimum atomic E-state index is -3.09. The summed E-state index contributed by atoms with van der Waals surface area (Å²) in [6, 6.07) is 0. The summed E-state index contributed by atoms with van der Waals surface area (Å²) in [5.41, 5.74) is 2.03. The van der Waals surface area contributed by atoms with E-state index in [-0.39, 0.29) is 0 Å². The molecule has 3 nitrogen and oxygen atoms in total. The van der Waals surface area contributed by atoms with E-state index in [0.717, 1.165) is 11.1 Å². The van der Waals surface area contributed by atoms with E-state index in [1.54, 1.807) is 6.08 Å². The van der Waals surface area contributed by atoms with Crippen molar-refractivity contribution in [2.24, 2.45) is 0 Å². The van der Waals surface area contributed by atoms with Gasteiger partial charge in [0.2, 0.25) is 0 Å². The number of hydrogen-bond acceptors (Lipinski definition) is 3. The van der Waals surface area contributed by atoms with Gasteiger partial charge in [-0.1, -0.05) is 31.2 Å². The molecule has 0 spiro atoms. The second-order valence-corrected chi connectivity index (χ2v) is 5.80. The molecule has 0 aromatic heterocycles. The summed E-state index contributed by atoms with van der Waals surface area (Å²) in [6.45, 7) is 9.63. The van der Waals surface area contributed by atoms with Crippen molar-refractivity contribution in [3.63, 3.8) is 0 Å². The molecule has 0 amide bonds. The van der Waals surface area contributed by atoms with Gasteiger partial charge in [0, 0.05) is 19.5 Å². The molecule has 0 N–H and O–H groups in total. The lowest BCUT2D eigenvalue weighted by Crippen LogP contribution is -1.92. The van der Waals surface area contributed by atoms with Gasteiger partial charge < -0.3 is 9.05 Å². The molecule has 16 heavy (non-hydrogen) atoms. The summed E-state index contributed by atoms with van der Waals surface area (Å²) in [7, 11) is -0.307. The van der Waals surface area contributed by atoms with Gasteiger partial charge in [-0.05, 0) is 25.8 Å². The van der Waals surface area contributed by atoms with Crippen molar-refractivity contribution in [1.82, 2.24) is 0 Å². The first-order valence-electron chi connectivity index (χ1n) is 5.16. The lowest BCUT2D eigenvalue weighted by Gasteiger charge is -2.15. The largest absolute Gasteiger partial charge is 0.356 e. The van der Waals surface area contributed by atoms with Crippen LogP contribution in [0.4, 0.5) is 0 Å². The van der Waals surface area contributed by atoms with Crippen LogP contribution in [0, 0.1) is 0 Å². The summed E-state index contributed by atoms with van der Waals surface area (Å²) in [6.07, 6.45) is 4.29. The molecule has 0 aliphatic heterocycles. The van der Waals surface area contributed by atoms with Gasteiger partial charge in [0.15, 0.2) is 0 Å². The average Bonchev–Trinajstić information content (AvgIpc) is 2.28. The highest BCUT2D eigenvalue weighted by atomic mass is 31.2. The molecule has 0 aromatic rings. The van der Waals surface area contributed by atoms with E-state index in [9.17, 15) is 4.57 Å². The molecule has 0 radical (unpaired) electrons. The first kappa shape index (κ1) is 15.4. The zero-order chi connectivity index (χ0) is 12.8. The van der Waals surface area contributed by atoms with E-state index in [0.29, 0.717) is 11.7 Å². The van der Waals surface area contributed by atoms with E-state index < -0.39 is 7.60 Å². The van der Waals surface area contributed by atoms with Crippen LogP contribution in [0.1, 0.15) is 27.2 Å².